The van der Waals surface area contributed by atoms with Gasteiger partial charge in [-0.05, 0) is 31.2 Å². The normalized spacial score (nSPS) is 15.7. The number of hydrogen-bond acceptors (Lipinski definition) is 7. The lowest BCUT2D eigenvalue weighted by Gasteiger charge is -2.21. The molecule has 1 aliphatic rings. The molecule has 1 aromatic heterocycles. The minimum Gasteiger partial charge on any atom is -0.324 e. The Morgan fingerprint density at radius 3 is 2.37 bits per heavy atom. The van der Waals surface area contributed by atoms with Crippen LogP contribution in [0.5, 0.6) is 0 Å². The van der Waals surface area contributed by atoms with Gasteiger partial charge in [0.2, 0.25) is 17.7 Å². The Balaban J connectivity index is 1.67. The summed E-state index contributed by atoms with van der Waals surface area (Å²) in [7, 11) is -3.78. The summed E-state index contributed by atoms with van der Waals surface area (Å²) in [5, 5.41) is 4.47. The van der Waals surface area contributed by atoms with Crippen LogP contribution in [0.1, 0.15) is 19.8 Å². The topological polar surface area (TPSA) is 126 Å². The van der Waals surface area contributed by atoms with Crippen LogP contribution in [0.2, 0.25) is 0 Å². The molecule has 0 spiro atoms. The van der Waals surface area contributed by atoms with Crippen LogP contribution in [0.25, 0.3) is 0 Å². The highest BCUT2D eigenvalue weighted by molar-refractivity contribution is 7.93. The predicted octanol–water partition coefficient (Wildman–Crippen LogP) is 1.42. The zero-order valence-electron chi connectivity index (χ0n) is 14.2. The van der Waals surface area contributed by atoms with Crippen molar-refractivity contribution in [1.82, 2.24) is 9.88 Å². The molecule has 1 aliphatic heterocycles. The fraction of sp³-hybridized carbons (Fsp3) is 0.250. The first-order valence-electron chi connectivity index (χ1n) is 7.96. The van der Waals surface area contributed by atoms with Gasteiger partial charge in [-0.2, -0.15) is 0 Å². The Kier molecular flexibility index (Phi) is 5.24. The Bertz CT molecular complexity index is 955. The Morgan fingerprint density at radius 1 is 1.19 bits per heavy atom. The van der Waals surface area contributed by atoms with Gasteiger partial charge >= 0.3 is 0 Å². The van der Waals surface area contributed by atoms with Gasteiger partial charge < -0.3 is 5.32 Å². The molecule has 1 saturated heterocycles. The van der Waals surface area contributed by atoms with Crippen molar-refractivity contribution in [2.45, 2.75) is 30.7 Å². The number of likely N-dealkylation sites (tertiary alicyclic amines) is 1. The van der Waals surface area contributed by atoms with E-state index in [1.807, 2.05) is 0 Å². The summed E-state index contributed by atoms with van der Waals surface area (Å²) in [6.07, 6.45) is 1.70. The lowest BCUT2D eigenvalue weighted by atomic mass is 10.2. The van der Waals surface area contributed by atoms with Crippen LogP contribution in [0, 0.1) is 0 Å². The minimum absolute atomic E-state index is 0.00801. The van der Waals surface area contributed by atoms with Crippen molar-refractivity contribution in [3.05, 3.63) is 35.8 Å². The third-order valence-corrected chi connectivity index (χ3v) is 6.12. The molecule has 3 rings (SSSR count). The number of anilines is 2. The molecule has 3 amide bonds. The van der Waals surface area contributed by atoms with Gasteiger partial charge in [0.15, 0.2) is 5.13 Å². The number of nitrogens with one attached hydrogen (secondary N) is 2. The second-order valence-corrected chi connectivity index (χ2v) is 8.37. The number of benzene rings is 1. The van der Waals surface area contributed by atoms with Crippen LogP contribution < -0.4 is 10.0 Å². The Labute approximate surface area is 159 Å². The number of carbonyl (C=O) groups excluding carboxylic acids is 3. The molecule has 2 heterocycles. The fourth-order valence-corrected chi connectivity index (χ4v) is 4.34. The first-order valence-corrected chi connectivity index (χ1v) is 10.3. The monoisotopic (exact) mass is 408 g/mol. The van der Waals surface area contributed by atoms with Gasteiger partial charge in [-0.15, -0.1) is 11.3 Å². The molecule has 1 aromatic carbocycles. The maximum Gasteiger partial charge on any atom is 0.263 e. The summed E-state index contributed by atoms with van der Waals surface area (Å²) in [5.41, 5.74) is 0.346. The summed E-state index contributed by atoms with van der Waals surface area (Å²) in [6.45, 7) is 1.47. The van der Waals surface area contributed by atoms with Gasteiger partial charge in [0.05, 0.1) is 4.90 Å². The molecule has 142 valence electrons. The number of nitrogens with zero attached hydrogens (tertiary/aromatic N) is 2. The maximum absolute atomic E-state index is 12.3. The molecule has 2 aromatic rings. The number of carbonyl (C=O) groups is 3. The minimum atomic E-state index is -3.78. The first-order chi connectivity index (χ1) is 12.8. The molecule has 1 fully saturated rings. The average molecular weight is 408 g/mol. The van der Waals surface area contributed by atoms with E-state index >= 15 is 0 Å². The Morgan fingerprint density at radius 2 is 1.81 bits per heavy atom. The Hall–Kier alpha value is -2.79. The second-order valence-electron chi connectivity index (χ2n) is 5.79. The molecule has 1 atom stereocenters. The maximum atomic E-state index is 12.3. The first kappa shape index (κ1) is 19.0. The molecular weight excluding hydrogens is 392 g/mol. The molecule has 27 heavy (non-hydrogen) atoms. The van der Waals surface area contributed by atoms with Gasteiger partial charge in [-0.1, -0.05) is 0 Å². The van der Waals surface area contributed by atoms with E-state index in [-0.39, 0.29) is 34.7 Å². The SMILES string of the molecule is C[C@H](C(=O)Nc1ccc(S(=O)(=O)Nc2nccs2)cc1)N1C(=O)CCC1=O. The van der Waals surface area contributed by atoms with Gasteiger partial charge in [-0.25, -0.2) is 13.4 Å². The van der Waals surface area contributed by atoms with E-state index in [1.54, 1.807) is 5.38 Å². The fourth-order valence-electron chi connectivity index (χ4n) is 2.55. The van der Waals surface area contributed by atoms with E-state index in [0.717, 1.165) is 16.2 Å². The van der Waals surface area contributed by atoms with E-state index in [1.165, 1.54) is 37.4 Å². The third kappa shape index (κ3) is 4.14. The van der Waals surface area contributed by atoms with Gasteiger partial charge in [-0.3, -0.25) is 24.0 Å². The molecule has 0 aliphatic carbocycles. The van der Waals surface area contributed by atoms with Gasteiger partial charge in [0.25, 0.3) is 10.0 Å². The number of imide groups is 1. The standard InChI is InChI=1S/C16H16N4O5S2/c1-10(20-13(21)6-7-14(20)22)15(23)18-11-2-4-12(5-3-11)27(24,25)19-16-17-8-9-26-16/h2-5,8-10H,6-7H2,1H3,(H,17,19)(H,18,23)/t10-/m1/s1. The van der Waals surface area contributed by atoms with Crippen molar-refractivity contribution in [1.29, 1.82) is 0 Å². The zero-order valence-corrected chi connectivity index (χ0v) is 15.8. The number of hydrogen-bond donors (Lipinski definition) is 2. The number of thiazole rings is 1. The van der Waals surface area contributed by atoms with Crippen molar-refractivity contribution in [3.63, 3.8) is 0 Å². The van der Waals surface area contributed by atoms with Crippen LogP contribution in [0.4, 0.5) is 10.8 Å². The van der Waals surface area contributed by atoms with Crippen molar-refractivity contribution >= 4 is 49.9 Å². The molecule has 9 nitrogen and oxygen atoms in total. The lowest BCUT2D eigenvalue weighted by Crippen LogP contribution is -2.44. The molecule has 0 saturated carbocycles. The summed E-state index contributed by atoms with van der Waals surface area (Å²) in [6, 6.07) is 4.58. The largest absolute Gasteiger partial charge is 0.324 e. The molecule has 2 N–H and O–H groups in total. The third-order valence-electron chi connectivity index (χ3n) is 3.94. The van der Waals surface area contributed by atoms with Crippen molar-refractivity contribution in [2.75, 3.05) is 10.0 Å². The second kappa shape index (κ2) is 7.45. The average Bonchev–Trinajstić information content (AvgIpc) is 3.24. The van der Waals surface area contributed by atoms with Crippen molar-refractivity contribution < 1.29 is 22.8 Å². The van der Waals surface area contributed by atoms with Crippen molar-refractivity contribution in [2.24, 2.45) is 0 Å². The highest BCUT2D eigenvalue weighted by Gasteiger charge is 2.36. The van der Waals surface area contributed by atoms with Gasteiger partial charge in [0, 0.05) is 30.1 Å². The zero-order chi connectivity index (χ0) is 19.6. The highest BCUT2D eigenvalue weighted by atomic mass is 32.2. The number of aromatic nitrogens is 1. The summed E-state index contributed by atoms with van der Waals surface area (Å²) >= 11 is 1.15. The van der Waals surface area contributed by atoms with E-state index in [2.05, 4.69) is 15.0 Å². The molecule has 0 unspecified atom stereocenters. The molecule has 0 bridgehead atoms. The van der Waals surface area contributed by atoms with E-state index < -0.39 is 22.0 Å². The van der Waals surface area contributed by atoms with E-state index in [0.29, 0.717) is 5.69 Å². The van der Waals surface area contributed by atoms with Gasteiger partial charge in [0.1, 0.15) is 6.04 Å². The highest BCUT2D eigenvalue weighted by Crippen LogP contribution is 2.20. The smallest absolute Gasteiger partial charge is 0.263 e. The van der Waals surface area contributed by atoms with Crippen LogP contribution in [-0.2, 0) is 24.4 Å². The van der Waals surface area contributed by atoms with Crippen molar-refractivity contribution in [3.8, 4) is 0 Å². The van der Waals surface area contributed by atoms with Crippen LogP contribution in [0.15, 0.2) is 40.7 Å². The van der Waals surface area contributed by atoms with E-state index in [4.69, 9.17) is 0 Å². The summed E-state index contributed by atoms with van der Waals surface area (Å²) in [5.74, 6) is -1.29. The van der Waals surface area contributed by atoms with Crippen LogP contribution in [-0.4, -0.2) is 42.1 Å². The predicted molar refractivity (Wildman–Crippen MR) is 98.5 cm³/mol. The lowest BCUT2D eigenvalue weighted by molar-refractivity contribution is -0.144. The molecule has 0 radical (unpaired) electrons. The quantitative estimate of drug-likeness (QED) is 0.696. The molecular formula is C16H16N4O5S2. The van der Waals surface area contributed by atoms with Crippen LogP contribution >= 0.6 is 11.3 Å². The number of sulfonamides is 1. The number of amides is 3. The van der Waals surface area contributed by atoms with Crippen LogP contribution in [0.3, 0.4) is 0 Å². The summed E-state index contributed by atoms with van der Waals surface area (Å²) in [4.78, 5) is 40.5. The van der Waals surface area contributed by atoms with E-state index in [9.17, 15) is 22.8 Å². The number of rotatable bonds is 6. The summed E-state index contributed by atoms with van der Waals surface area (Å²) < 4.78 is 26.9. The molecule has 11 heteroatoms.